The maximum atomic E-state index is 11.6. The van der Waals surface area contributed by atoms with Crippen LogP contribution in [0.25, 0.3) is 0 Å². The molecule has 3 atom stereocenters. The van der Waals surface area contributed by atoms with Gasteiger partial charge in [0.25, 0.3) is 0 Å². The highest BCUT2D eigenvalue weighted by atomic mass is 16.6. The Morgan fingerprint density at radius 2 is 2.10 bits per heavy atom. The number of alkyl carbamates (subject to hydrolysis) is 1. The minimum absolute atomic E-state index is 0.0605. The molecule has 0 aromatic heterocycles. The van der Waals surface area contributed by atoms with E-state index in [0.29, 0.717) is 6.42 Å². The smallest absolute Gasteiger partial charge is 0.407 e. The topological polar surface area (TPSA) is 84.9 Å². The van der Waals surface area contributed by atoms with Crippen LogP contribution in [0.4, 0.5) is 4.79 Å². The molecule has 0 saturated carbocycles. The van der Waals surface area contributed by atoms with E-state index in [1.54, 1.807) is 0 Å². The largest absolute Gasteiger partial charge is 0.479 e. The molecular formula is C15H19NO5. The Morgan fingerprint density at radius 1 is 1.38 bits per heavy atom. The van der Waals surface area contributed by atoms with Crippen LogP contribution in [0, 0.1) is 5.92 Å². The second kappa shape index (κ2) is 7.08. The first-order valence-electron chi connectivity index (χ1n) is 6.89. The molecule has 0 bridgehead atoms. The molecule has 2 N–H and O–H groups in total. The fourth-order valence-corrected chi connectivity index (χ4v) is 2.34. The van der Waals surface area contributed by atoms with Gasteiger partial charge in [0, 0.05) is 6.54 Å². The van der Waals surface area contributed by atoms with Gasteiger partial charge in [-0.1, -0.05) is 37.3 Å². The van der Waals surface area contributed by atoms with Crippen LogP contribution in [-0.4, -0.2) is 35.9 Å². The summed E-state index contributed by atoms with van der Waals surface area (Å²) < 4.78 is 10.4. The van der Waals surface area contributed by atoms with Crippen LogP contribution in [0.5, 0.6) is 0 Å². The highest BCUT2D eigenvalue weighted by Gasteiger charge is 2.37. The van der Waals surface area contributed by atoms with Gasteiger partial charge in [0.15, 0.2) is 6.10 Å². The molecule has 114 valence electrons. The molecule has 1 aromatic carbocycles. The van der Waals surface area contributed by atoms with E-state index >= 15 is 0 Å². The molecule has 1 amide bonds. The predicted molar refractivity (Wildman–Crippen MR) is 74.7 cm³/mol. The van der Waals surface area contributed by atoms with Crippen LogP contribution in [0.1, 0.15) is 18.9 Å². The number of rotatable bonds is 5. The van der Waals surface area contributed by atoms with Crippen molar-refractivity contribution in [1.82, 2.24) is 5.32 Å². The third-order valence-electron chi connectivity index (χ3n) is 3.42. The van der Waals surface area contributed by atoms with Crippen molar-refractivity contribution in [1.29, 1.82) is 0 Å². The number of aliphatic carboxylic acids is 1. The van der Waals surface area contributed by atoms with Crippen molar-refractivity contribution in [2.75, 3.05) is 6.54 Å². The third kappa shape index (κ3) is 4.46. The van der Waals surface area contributed by atoms with E-state index in [-0.39, 0.29) is 25.2 Å². The number of carbonyl (C=O) groups excluding carboxylic acids is 1. The second-order valence-corrected chi connectivity index (χ2v) is 5.17. The molecule has 6 nitrogen and oxygen atoms in total. The molecule has 1 aliphatic rings. The van der Waals surface area contributed by atoms with Gasteiger partial charge in [0.1, 0.15) is 6.61 Å². The van der Waals surface area contributed by atoms with Crippen LogP contribution >= 0.6 is 0 Å². The van der Waals surface area contributed by atoms with E-state index < -0.39 is 18.2 Å². The first-order chi connectivity index (χ1) is 10.1. The Balaban J connectivity index is 1.69. The summed E-state index contributed by atoms with van der Waals surface area (Å²) in [5, 5.41) is 11.5. The Bertz CT molecular complexity index is 490. The zero-order valence-electron chi connectivity index (χ0n) is 11.8. The van der Waals surface area contributed by atoms with E-state index in [1.165, 1.54) is 0 Å². The zero-order chi connectivity index (χ0) is 15.2. The maximum Gasteiger partial charge on any atom is 0.407 e. The van der Waals surface area contributed by atoms with Gasteiger partial charge >= 0.3 is 12.1 Å². The highest BCUT2D eigenvalue weighted by molar-refractivity contribution is 5.73. The molecule has 1 fully saturated rings. The quantitative estimate of drug-likeness (QED) is 0.864. The van der Waals surface area contributed by atoms with Gasteiger partial charge in [-0.3, -0.25) is 0 Å². The lowest BCUT2D eigenvalue weighted by molar-refractivity contribution is -0.150. The van der Waals surface area contributed by atoms with Crippen molar-refractivity contribution in [2.45, 2.75) is 32.2 Å². The number of ether oxygens (including phenoxy) is 2. The number of amides is 1. The lowest BCUT2D eigenvalue weighted by Gasteiger charge is -2.12. The second-order valence-electron chi connectivity index (χ2n) is 5.17. The lowest BCUT2D eigenvalue weighted by Crippen LogP contribution is -2.33. The van der Waals surface area contributed by atoms with E-state index in [2.05, 4.69) is 5.32 Å². The number of benzene rings is 1. The Hall–Kier alpha value is -2.08. The summed E-state index contributed by atoms with van der Waals surface area (Å²) in [5.74, 6) is -1.02. The molecule has 6 heteroatoms. The Labute approximate surface area is 123 Å². The van der Waals surface area contributed by atoms with Crippen molar-refractivity contribution in [3.05, 3.63) is 35.9 Å². The average Bonchev–Trinajstić information content (AvgIpc) is 2.85. The summed E-state index contributed by atoms with van der Waals surface area (Å²) >= 11 is 0. The fourth-order valence-electron chi connectivity index (χ4n) is 2.34. The Kier molecular flexibility index (Phi) is 5.16. The van der Waals surface area contributed by atoms with E-state index in [9.17, 15) is 9.59 Å². The molecule has 0 radical (unpaired) electrons. The summed E-state index contributed by atoms with van der Waals surface area (Å²) in [4.78, 5) is 22.5. The van der Waals surface area contributed by atoms with Crippen molar-refractivity contribution in [3.63, 3.8) is 0 Å². The summed E-state index contributed by atoms with van der Waals surface area (Å²) in [5.41, 5.74) is 0.907. The van der Waals surface area contributed by atoms with E-state index in [1.807, 2.05) is 37.3 Å². The molecule has 0 unspecified atom stereocenters. The molecule has 1 aromatic rings. The van der Waals surface area contributed by atoms with Crippen LogP contribution in [0.3, 0.4) is 0 Å². The van der Waals surface area contributed by atoms with Crippen molar-refractivity contribution < 1.29 is 24.2 Å². The minimum Gasteiger partial charge on any atom is -0.479 e. The normalized spacial score (nSPS) is 24.5. The number of carbonyl (C=O) groups is 2. The van der Waals surface area contributed by atoms with Crippen molar-refractivity contribution >= 4 is 12.1 Å². The summed E-state index contributed by atoms with van der Waals surface area (Å²) in [6.07, 6.45) is -1.01. The minimum atomic E-state index is -0.961. The first-order valence-corrected chi connectivity index (χ1v) is 6.89. The van der Waals surface area contributed by atoms with E-state index in [4.69, 9.17) is 14.6 Å². The van der Waals surface area contributed by atoms with Crippen molar-refractivity contribution in [2.24, 2.45) is 5.92 Å². The number of carboxylic acid groups (broad SMARTS) is 1. The van der Waals surface area contributed by atoms with Crippen LogP contribution < -0.4 is 5.32 Å². The molecule has 21 heavy (non-hydrogen) atoms. The molecule has 1 heterocycles. The van der Waals surface area contributed by atoms with Crippen LogP contribution in [0.15, 0.2) is 30.3 Å². The van der Waals surface area contributed by atoms with Gasteiger partial charge in [-0.2, -0.15) is 0 Å². The number of carboxylic acids is 1. The highest BCUT2D eigenvalue weighted by Crippen LogP contribution is 2.25. The molecule has 0 aliphatic carbocycles. The SMILES string of the molecule is C[C@@H]1C[C@@H](CNC(=O)OCc2ccccc2)O[C@H]1C(=O)O. The first kappa shape index (κ1) is 15.3. The predicted octanol–water partition coefficient (Wildman–Crippen LogP) is 1.79. The van der Waals surface area contributed by atoms with Crippen LogP contribution in [-0.2, 0) is 20.9 Å². The van der Waals surface area contributed by atoms with Gasteiger partial charge in [0.05, 0.1) is 6.10 Å². The summed E-state index contributed by atoms with van der Waals surface area (Å²) in [6, 6.07) is 9.37. The average molecular weight is 293 g/mol. The Morgan fingerprint density at radius 3 is 2.71 bits per heavy atom. The zero-order valence-corrected chi connectivity index (χ0v) is 11.8. The van der Waals surface area contributed by atoms with Crippen molar-refractivity contribution in [3.8, 4) is 0 Å². The van der Waals surface area contributed by atoms with Gasteiger partial charge in [-0.05, 0) is 17.9 Å². The van der Waals surface area contributed by atoms with Gasteiger partial charge in [-0.25, -0.2) is 9.59 Å². The summed E-state index contributed by atoms with van der Waals surface area (Å²) in [7, 11) is 0. The molecule has 2 rings (SSSR count). The molecule has 1 saturated heterocycles. The lowest BCUT2D eigenvalue weighted by atomic mass is 10.0. The maximum absolute atomic E-state index is 11.6. The number of hydrogen-bond donors (Lipinski definition) is 2. The summed E-state index contributed by atoms with van der Waals surface area (Å²) in [6.45, 7) is 2.28. The molecular weight excluding hydrogens is 274 g/mol. The van der Waals surface area contributed by atoms with Gasteiger partial charge < -0.3 is 19.9 Å². The fraction of sp³-hybridized carbons (Fsp3) is 0.467. The number of nitrogens with one attached hydrogen (secondary N) is 1. The molecule has 0 spiro atoms. The standard InChI is InChI=1S/C15H19NO5/c1-10-7-12(21-13(10)14(17)18)8-16-15(19)20-9-11-5-3-2-4-6-11/h2-6,10,12-13H,7-9H2,1H3,(H,16,19)(H,17,18)/t10-,12+,13-/m1/s1. The van der Waals surface area contributed by atoms with Gasteiger partial charge in [0.2, 0.25) is 0 Å². The molecule has 1 aliphatic heterocycles. The van der Waals surface area contributed by atoms with Crippen LogP contribution in [0.2, 0.25) is 0 Å². The monoisotopic (exact) mass is 293 g/mol. The third-order valence-corrected chi connectivity index (χ3v) is 3.42. The van der Waals surface area contributed by atoms with E-state index in [0.717, 1.165) is 5.56 Å². The number of hydrogen-bond acceptors (Lipinski definition) is 4. The van der Waals surface area contributed by atoms with Gasteiger partial charge in [-0.15, -0.1) is 0 Å².